The fourth-order valence-corrected chi connectivity index (χ4v) is 1.47. The Hall–Kier alpha value is -2.11. The van der Waals surface area contributed by atoms with Crippen LogP contribution in [-0.4, -0.2) is 24.6 Å². The summed E-state index contributed by atoms with van der Waals surface area (Å²) in [5.41, 5.74) is 5.60. The van der Waals surface area contributed by atoms with E-state index in [1.807, 2.05) is 0 Å². The SMILES string of the molecule is COc1ccc(C/C(N)=N/C(=O)OC(C)(C)C)cc1F. The second-order valence-electron chi connectivity index (χ2n) is 5.23. The molecule has 0 bridgehead atoms. The third-order valence-electron chi connectivity index (χ3n) is 2.23. The maximum atomic E-state index is 13.5. The summed E-state index contributed by atoms with van der Waals surface area (Å²) in [5, 5.41) is 0. The van der Waals surface area contributed by atoms with Crippen LogP contribution in [0.1, 0.15) is 26.3 Å². The second-order valence-corrected chi connectivity index (χ2v) is 5.23. The number of benzene rings is 1. The second kappa shape index (κ2) is 6.36. The van der Waals surface area contributed by atoms with Gasteiger partial charge in [0.1, 0.15) is 11.4 Å². The lowest BCUT2D eigenvalue weighted by atomic mass is 10.1. The Labute approximate surface area is 117 Å². The molecule has 0 aromatic heterocycles. The summed E-state index contributed by atoms with van der Waals surface area (Å²) in [6.07, 6.45) is -0.607. The van der Waals surface area contributed by atoms with Gasteiger partial charge in [-0.2, -0.15) is 4.99 Å². The molecule has 0 unspecified atom stereocenters. The van der Waals surface area contributed by atoms with E-state index < -0.39 is 17.5 Å². The quantitative estimate of drug-likeness (QED) is 0.683. The topological polar surface area (TPSA) is 73.9 Å². The van der Waals surface area contributed by atoms with Crippen LogP contribution >= 0.6 is 0 Å². The van der Waals surface area contributed by atoms with Gasteiger partial charge in [0.05, 0.1) is 7.11 Å². The zero-order chi connectivity index (χ0) is 15.3. The van der Waals surface area contributed by atoms with Gasteiger partial charge in [-0.25, -0.2) is 9.18 Å². The van der Waals surface area contributed by atoms with Gasteiger partial charge in [0.2, 0.25) is 0 Å². The Bertz CT molecular complexity index is 522. The van der Waals surface area contributed by atoms with Gasteiger partial charge >= 0.3 is 6.09 Å². The predicted octanol–water partition coefficient (Wildman–Crippen LogP) is 2.67. The zero-order valence-electron chi connectivity index (χ0n) is 12.1. The third-order valence-corrected chi connectivity index (χ3v) is 2.23. The standard InChI is InChI=1S/C14H19FN2O3/c1-14(2,3)20-13(18)17-12(16)8-9-5-6-11(19-4)10(15)7-9/h5-7H,8H2,1-4H3,(H2,16,17,18). The van der Waals surface area contributed by atoms with E-state index in [1.165, 1.54) is 19.2 Å². The molecule has 0 saturated heterocycles. The van der Waals surface area contributed by atoms with Crippen molar-refractivity contribution in [2.75, 3.05) is 7.11 Å². The average Bonchev–Trinajstić information content (AvgIpc) is 2.25. The lowest BCUT2D eigenvalue weighted by Crippen LogP contribution is -2.24. The van der Waals surface area contributed by atoms with Gasteiger partial charge in [0.15, 0.2) is 11.6 Å². The smallest absolute Gasteiger partial charge is 0.435 e. The zero-order valence-corrected chi connectivity index (χ0v) is 12.1. The Morgan fingerprint density at radius 1 is 1.40 bits per heavy atom. The first-order chi connectivity index (χ1) is 9.21. The molecule has 0 aliphatic heterocycles. The highest BCUT2D eigenvalue weighted by molar-refractivity contribution is 5.92. The number of nitrogens with zero attached hydrogens (tertiary/aromatic N) is 1. The first kappa shape index (κ1) is 15.9. The molecule has 5 nitrogen and oxygen atoms in total. The molecule has 0 spiro atoms. The summed E-state index contributed by atoms with van der Waals surface area (Å²) < 4.78 is 23.3. The highest BCUT2D eigenvalue weighted by atomic mass is 19.1. The van der Waals surface area contributed by atoms with Gasteiger partial charge in [-0.05, 0) is 38.5 Å². The summed E-state index contributed by atoms with van der Waals surface area (Å²) in [6.45, 7) is 5.19. The number of amides is 1. The summed E-state index contributed by atoms with van der Waals surface area (Å²) in [6, 6.07) is 4.43. The van der Waals surface area contributed by atoms with E-state index in [1.54, 1.807) is 26.8 Å². The summed E-state index contributed by atoms with van der Waals surface area (Å²) in [4.78, 5) is 15.1. The Morgan fingerprint density at radius 2 is 2.05 bits per heavy atom. The number of amidine groups is 1. The van der Waals surface area contributed by atoms with Crippen LogP contribution in [0.4, 0.5) is 9.18 Å². The van der Waals surface area contributed by atoms with Crippen molar-refractivity contribution < 1.29 is 18.7 Å². The van der Waals surface area contributed by atoms with Gasteiger partial charge in [-0.15, -0.1) is 0 Å². The number of nitrogens with two attached hydrogens (primary N) is 1. The minimum absolute atomic E-state index is 0.0591. The van der Waals surface area contributed by atoms with Crippen LogP contribution in [0, 0.1) is 5.82 Å². The largest absolute Gasteiger partial charge is 0.494 e. The van der Waals surface area contributed by atoms with Crippen molar-refractivity contribution in [2.24, 2.45) is 10.7 Å². The number of halogens is 1. The number of methoxy groups -OCH3 is 1. The molecule has 1 aromatic carbocycles. The van der Waals surface area contributed by atoms with Crippen LogP contribution in [-0.2, 0) is 11.2 Å². The molecule has 0 saturated carbocycles. The molecule has 20 heavy (non-hydrogen) atoms. The van der Waals surface area contributed by atoms with Crippen LogP contribution in [0.2, 0.25) is 0 Å². The Morgan fingerprint density at radius 3 is 2.55 bits per heavy atom. The number of carbonyl (C=O) groups is 1. The lowest BCUT2D eigenvalue weighted by Gasteiger charge is -2.17. The molecule has 2 N–H and O–H groups in total. The first-order valence-corrected chi connectivity index (χ1v) is 6.09. The van der Waals surface area contributed by atoms with E-state index in [0.717, 1.165) is 0 Å². The summed E-state index contributed by atoms with van der Waals surface area (Å²) >= 11 is 0. The summed E-state index contributed by atoms with van der Waals surface area (Å²) in [5.74, 6) is -0.282. The van der Waals surface area contributed by atoms with Crippen molar-refractivity contribution in [1.82, 2.24) is 0 Å². The summed E-state index contributed by atoms with van der Waals surface area (Å²) in [7, 11) is 1.39. The van der Waals surface area contributed by atoms with Gasteiger partial charge in [-0.3, -0.25) is 0 Å². The van der Waals surface area contributed by atoms with Crippen molar-refractivity contribution in [1.29, 1.82) is 0 Å². The molecule has 1 amide bonds. The average molecular weight is 282 g/mol. The normalized spacial score (nSPS) is 12.2. The molecule has 0 aliphatic rings. The number of carbonyl (C=O) groups excluding carboxylic acids is 1. The number of ether oxygens (including phenoxy) is 2. The molecule has 1 rings (SSSR count). The molecule has 0 aliphatic carbocycles. The van der Waals surface area contributed by atoms with Crippen LogP contribution < -0.4 is 10.5 Å². The number of hydrogen-bond donors (Lipinski definition) is 1. The molecule has 110 valence electrons. The lowest BCUT2D eigenvalue weighted by molar-refractivity contribution is 0.0604. The van der Waals surface area contributed by atoms with E-state index in [0.29, 0.717) is 5.56 Å². The van der Waals surface area contributed by atoms with Crippen LogP contribution in [0.5, 0.6) is 5.75 Å². The molecular weight excluding hydrogens is 263 g/mol. The van der Waals surface area contributed by atoms with Crippen LogP contribution in [0.25, 0.3) is 0 Å². The van der Waals surface area contributed by atoms with Gasteiger partial charge in [0.25, 0.3) is 0 Å². The molecule has 1 aromatic rings. The molecular formula is C14H19FN2O3. The van der Waals surface area contributed by atoms with Crippen LogP contribution in [0.15, 0.2) is 23.2 Å². The van der Waals surface area contributed by atoms with Crippen molar-refractivity contribution in [3.63, 3.8) is 0 Å². The molecule has 0 heterocycles. The Balaban J connectivity index is 2.73. The fourth-order valence-electron chi connectivity index (χ4n) is 1.47. The third kappa shape index (κ3) is 5.26. The van der Waals surface area contributed by atoms with E-state index in [-0.39, 0.29) is 18.0 Å². The van der Waals surface area contributed by atoms with Crippen LogP contribution in [0.3, 0.4) is 0 Å². The van der Waals surface area contributed by atoms with E-state index in [9.17, 15) is 9.18 Å². The molecule has 0 fully saturated rings. The van der Waals surface area contributed by atoms with Crippen molar-refractivity contribution >= 4 is 11.9 Å². The number of hydrogen-bond acceptors (Lipinski definition) is 3. The molecule has 6 heteroatoms. The maximum Gasteiger partial charge on any atom is 0.435 e. The van der Waals surface area contributed by atoms with E-state index in [2.05, 4.69) is 4.99 Å². The number of rotatable bonds is 3. The maximum absolute atomic E-state index is 13.5. The first-order valence-electron chi connectivity index (χ1n) is 6.09. The van der Waals surface area contributed by atoms with E-state index in [4.69, 9.17) is 15.2 Å². The monoisotopic (exact) mass is 282 g/mol. The minimum atomic E-state index is -0.760. The van der Waals surface area contributed by atoms with Crippen molar-refractivity contribution in [2.45, 2.75) is 32.8 Å². The fraction of sp³-hybridized carbons (Fsp3) is 0.429. The Kier molecular flexibility index (Phi) is 5.07. The van der Waals surface area contributed by atoms with Crippen molar-refractivity contribution in [3.8, 4) is 5.75 Å². The highest BCUT2D eigenvalue weighted by Gasteiger charge is 2.16. The number of aliphatic imine (C=N–C) groups is 1. The van der Waals surface area contributed by atoms with Gasteiger partial charge < -0.3 is 15.2 Å². The van der Waals surface area contributed by atoms with Crippen molar-refractivity contribution in [3.05, 3.63) is 29.6 Å². The van der Waals surface area contributed by atoms with Gasteiger partial charge in [-0.1, -0.05) is 6.07 Å². The predicted molar refractivity (Wildman–Crippen MR) is 74.5 cm³/mol. The highest BCUT2D eigenvalue weighted by Crippen LogP contribution is 2.18. The molecule has 0 radical (unpaired) electrons. The minimum Gasteiger partial charge on any atom is -0.494 e. The van der Waals surface area contributed by atoms with Gasteiger partial charge in [0, 0.05) is 6.42 Å². The van der Waals surface area contributed by atoms with E-state index >= 15 is 0 Å². The molecule has 0 atom stereocenters.